The van der Waals surface area contributed by atoms with Gasteiger partial charge in [0.1, 0.15) is 4.88 Å². The van der Waals surface area contributed by atoms with Crippen LogP contribution in [-0.2, 0) is 6.54 Å². The molecule has 4 nitrogen and oxygen atoms in total. The van der Waals surface area contributed by atoms with Gasteiger partial charge in [-0.2, -0.15) is 0 Å². The summed E-state index contributed by atoms with van der Waals surface area (Å²) in [5.41, 5.74) is 7.62. The fourth-order valence-corrected chi connectivity index (χ4v) is 3.08. The van der Waals surface area contributed by atoms with Crippen molar-refractivity contribution in [2.24, 2.45) is 0 Å². The lowest BCUT2D eigenvalue weighted by Gasteiger charge is -2.17. The number of rotatable bonds is 4. The van der Waals surface area contributed by atoms with E-state index in [2.05, 4.69) is 4.90 Å². The lowest BCUT2D eigenvalue weighted by molar-refractivity contribution is 0.0833. The zero-order chi connectivity index (χ0) is 15.6. The fourth-order valence-electron chi connectivity index (χ4n) is 1.89. The summed E-state index contributed by atoms with van der Waals surface area (Å²) in [5.74, 6) is -0.0661. The normalized spacial score (nSPS) is 10.5. The van der Waals surface area contributed by atoms with Gasteiger partial charge < -0.3 is 15.5 Å². The van der Waals surface area contributed by atoms with Gasteiger partial charge in [-0.25, -0.2) is 0 Å². The third kappa shape index (κ3) is 3.68. The van der Waals surface area contributed by atoms with Crippen molar-refractivity contribution in [2.45, 2.75) is 6.54 Å². The quantitative estimate of drug-likeness (QED) is 0.939. The first-order chi connectivity index (χ1) is 9.88. The van der Waals surface area contributed by atoms with E-state index in [9.17, 15) is 4.79 Å². The Hall–Kier alpha value is -1.72. The second kappa shape index (κ2) is 6.37. The third-order valence-corrected chi connectivity index (χ3v) is 4.56. The number of halogens is 1. The van der Waals surface area contributed by atoms with Crippen molar-refractivity contribution >= 4 is 39.5 Å². The summed E-state index contributed by atoms with van der Waals surface area (Å²) < 4.78 is 0. The van der Waals surface area contributed by atoms with E-state index in [4.69, 9.17) is 17.3 Å². The molecule has 0 saturated heterocycles. The van der Waals surface area contributed by atoms with Gasteiger partial charge in [0.25, 0.3) is 5.91 Å². The van der Waals surface area contributed by atoms with E-state index in [-0.39, 0.29) is 5.91 Å². The molecule has 6 heteroatoms. The number of carbonyl (C=O) groups excluding carboxylic acids is 1. The van der Waals surface area contributed by atoms with E-state index in [1.165, 1.54) is 16.2 Å². The highest BCUT2D eigenvalue weighted by Gasteiger charge is 2.17. The summed E-state index contributed by atoms with van der Waals surface area (Å²) in [6, 6.07) is 9.56. The average Bonchev–Trinajstić information content (AvgIpc) is 2.82. The largest absolute Gasteiger partial charge is 0.397 e. The van der Waals surface area contributed by atoms with Crippen LogP contribution >= 0.6 is 22.9 Å². The summed E-state index contributed by atoms with van der Waals surface area (Å²) >= 11 is 7.29. The molecule has 0 spiro atoms. The Bertz CT molecular complexity index is 637. The zero-order valence-electron chi connectivity index (χ0n) is 12.3. The molecule has 2 aromatic rings. The van der Waals surface area contributed by atoms with Crippen LogP contribution in [0.4, 0.5) is 10.7 Å². The first kappa shape index (κ1) is 15.7. The number of benzene rings is 1. The number of nitrogens with zero attached hydrogens (tertiary/aromatic N) is 2. The number of hydrogen-bond acceptors (Lipinski definition) is 4. The zero-order valence-corrected chi connectivity index (χ0v) is 13.8. The van der Waals surface area contributed by atoms with E-state index in [1.54, 1.807) is 14.1 Å². The van der Waals surface area contributed by atoms with E-state index >= 15 is 0 Å². The summed E-state index contributed by atoms with van der Waals surface area (Å²) in [5, 5.41) is 1.69. The Labute approximate surface area is 133 Å². The Balaban J connectivity index is 2.16. The Morgan fingerprint density at radius 2 is 1.86 bits per heavy atom. The number of hydrogen-bond donors (Lipinski definition) is 1. The number of nitrogens with two attached hydrogens (primary N) is 1. The number of nitrogen functional groups attached to an aromatic ring is 1. The van der Waals surface area contributed by atoms with E-state index in [0.29, 0.717) is 10.6 Å². The molecule has 0 atom stereocenters. The summed E-state index contributed by atoms with van der Waals surface area (Å²) in [7, 11) is 5.42. The van der Waals surface area contributed by atoms with Gasteiger partial charge in [-0.1, -0.05) is 23.7 Å². The molecule has 0 bridgehead atoms. The Morgan fingerprint density at radius 3 is 2.43 bits per heavy atom. The molecule has 0 radical (unpaired) electrons. The molecule has 0 unspecified atom stereocenters. The molecule has 1 amide bonds. The van der Waals surface area contributed by atoms with Crippen LogP contribution in [0.15, 0.2) is 30.3 Å². The van der Waals surface area contributed by atoms with Crippen molar-refractivity contribution in [3.63, 3.8) is 0 Å². The van der Waals surface area contributed by atoms with Gasteiger partial charge in [-0.3, -0.25) is 4.79 Å². The van der Waals surface area contributed by atoms with Crippen LogP contribution in [0.2, 0.25) is 5.02 Å². The lowest BCUT2D eigenvalue weighted by atomic mass is 10.2. The molecule has 0 aliphatic heterocycles. The fraction of sp³-hybridized carbons (Fsp3) is 0.267. The number of anilines is 2. The van der Waals surface area contributed by atoms with Crippen molar-refractivity contribution < 1.29 is 4.79 Å². The highest BCUT2D eigenvalue weighted by molar-refractivity contribution is 7.18. The monoisotopic (exact) mass is 323 g/mol. The van der Waals surface area contributed by atoms with Gasteiger partial charge in [-0.15, -0.1) is 11.3 Å². The molecule has 0 aliphatic rings. The molecule has 112 valence electrons. The smallest absolute Gasteiger partial charge is 0.265 e. The minimum atomic E-state index is -0.0661. The molecule has 2 rings (SSSR count). The first-order valence-corrected chi connectivity index (χ1v) is 7.64. The molecule has 0 fully saturated rings. The van der Waals surface area contributed by atoms with Gasteiger partial charge >= 0.3 is 0 Å². The summed E-state index contributed by atoms with van der Waals surface area (Å²) in [6.07, 6.45) is 0. The van der Waals surface area contributed by atoms with Crippen LogP contribution in [0.5, 0.6) is 0 Å². The highest BCUT2D eigenvalue weighted by Crippen LogP contribution is 2.33. The maximum atomic E-state index is 12.0. The van der Waals surface area contributed by atoms with Crippen molar-refractivity contribution in [3.8, 4) is 0 Å². The third-order valence-electron chi connectivity index (χ3n) is 3.06. The molecule has 1 aromatic carbocycles. The lowest BCUT2D eigenvalue weighted by Crippen LogP contribution is -2.21. The molecule has 0 saturated carbocycles. The molecular formula is C15H18ClN3OS. The van der Waals surface area contributed by atoms with Gasteiger partial charge in [0.2, 0.25) is 0 Å². The van der Waals surface area contributed by atoms with E-state index < -0.39 is 0 Å². The molecule has 1 aromatic heterocycles. The topological polar surface area (TPSA) is 49.6 Å². The Kier molecular flexibility index (Phi) is 4.75. The molecule has 1 heterocycles. The van der Waals surface area contributed by atoms with Crippen LogP contribution in [0.3, 0.4) is 0 Å². The van der Waals surface area contributed by atoms with Gasteiger partial charge in [0.15, 0.2) is 0 Å². The number of thiophene rings is 1. The van der Waals surface area contributed by atoms with E-state index in [0.717, 1.165) is 22.1 Å². The highest BCUT2D eigenvalue weighted by atomic mass is 35.5. The van der Waals surface area contributed by atoms with Crippen LogP contribution in [0, 0.1) is 0 Å². The van der Waals surface area contributed by atoms with Crippen LogP contribution in [0.25, 0.3) is 0 Å². The van der Waals surface area contributed by atoms with Crippen molar-refractivity contribution in [3.05, 3.63) is 45.8 Å². The van der Waals surface area contributed by atoms with Crippen LogP contribution < -0.4 is 10.6 Å². The predicted octanol–water partition coefficient (Wildman–Crippen LogP) is 3.32. The SMILES string of the molecule is CN(C)C(=O)c1sc(N(C)Cc2ccc(Cl)cc2)cc1N. The second-order valence-corrected chi connectivity index (χ2v) is 6.52. The molecule has 0 aliphatic carbocycles. The predicted molar refractivity (Wildman–Crippen MR) is 90.3 cm³/mol. The number of amides is 1. The standard InChI is InChI=1S/C15H18ClN3OS/c1-18(2)15(20)14-12(17)8-13(21-14)19(3)9-10-4-6-11(16)7-5-10/h4-8H,9,17H2,1-3H3. The Morgan fingerprint density at radius 1 is 1.24 bits per heavy atom. The van der Waals surface area contributed by atoms with Crippen LogP contribution in [-0.4, -0.2) is 32.0 Å². The maximum absolute atomic E-state index is 12.0. The van der Waals surface area contributed by atoms with Crippen molar-refractivity contribution in [2.75, 3.05) is 31.8 Å². The van der Waals surface area contributed by atoms with Crippen LogP contribution in [0.1, 0.15) is 15.2 Å². The number of carbonyl (C=O) groups is 1. The van der Waals surface area contributed by atoms with Crippen molar-refractivity contribution in [1.29, 1.82) is 0 Å². The average molecular weight is 324 g/mol. The maximum Gasteiger partial charge on any atom is 0.265 e. The van der Waals surface area contributed by atoms with Gasteiger partial charge in [0, 0.05) is 32.7 Å². The van der Waals surface area contributed by atoms with Gasteiger partial charge in [-0.05, 0) is 23.8 Å². The summed E-state index contributed by atoms with van der Waals surface area (Å²) in [6.45, 7) is 0.729. The molecule has 21 heavy (non-hydrogen) atoms. The first-order valence-electron chi connectivity index (χ1n) is 6.45. The van der Waals surface area contributed by atoms with Crippen molar-refractivity contribution in [1.82, 2.24) is 4.90 Å². The summed E-state index contributed by atoms with van der Waals surface area (Å²) in [4.78, 5) is 16.2. The second-order valence-electron chi connectivity index (χ2n) is 5.05. The van der Waals surface area contributed by atoms with E-state index in [1.807, 2.05) is 37.4 Å². The minimum absolute atomic E-state index is 0.0661. The molecular weight excluding hydrogens is 306 g/mol. The molecule has 2 N–H and O–H groups in total. The van der Waals surface area contributed by atoms with Gasteiger partial charge in [0.05, 0.1) is 10.7 Å². The minimum Gasteiger partial charge on any atom is -0.397 e.